The van der Waals surface area contributed by atoms with Crippen molar-refractivity contribution in [3.8, 4) is 5.75 Å². The minimum atomic E-state index is -0.110. The second-order valence-electron chi connectivity index (χ2n) is 6.81. The van der Waals surface area contributed by atoms with Crippen molar-refractivity contribution < 1.29 is 14.3 Å². The van der Waals surface area contributed by atoms with Crippen LogP contribution in [0.1, 0.15) is 38.5 Å². The molecular formula is C19H27N3O3. The molecule has 0 bridgehead atoms. The molecule has 3 amide bonds. The van der Waals surface area contributed by atoms with Gasteiger partial charge in [0, 0.05) is 24.8 Å². The molecule has 0 aromatic heterocycles. The summed E-state index contributed by atoms with van der Waals surface area (Å²) >= 11 is 0. The fourth-order valence-electron chi connectivity index (χ4n) is 3.60. The van der Waals surface area contributed by atoms with Crippen LogP contribution in [-0.2, 0) is 4.79 Å². The lowest BCUT2D eigenvalue weighted by atomic mass is 10.1. The number of anilines is 1. The summed E-state index contributed by atoms with van der Waals surface area (Å²) in [6.07, 6.45) is 6.98. The lowest BCUT2D eigenvalue weighted by Crippen LogP contribution is -2.43. The molecule has 0 atom stereocenters. The van der Waals surface area contributed by atoms with Crippen molar-refractivity contribution in [1.82, 2.24) is 10.2 Å². The quantitative estimate of drug-likeness (QED) is 0.835. The summed E-state index contributed by atoms with van der Waals surface area (Å²) in [5, 5.41) is 3.11. The Kier molecular flexibility index (Phi) is 5.79. The predicted octanol–water partition coefficient (Wildman–Crippen LogP) is 2.78. The molecule has 0 unspecified atom stereocenters. The van der Waals surface area contributed by atoms with Crippen LogP contribution in [0.25, 0.3) is 0 Å². The summed E-state index contributed by atoms with van der Waals surface area (Å²) in [5.41, 5.74) is 0.831. The number of carbonyl (C=O) groups excluding carboxylic acids is 2. The molecule has 25 heavy (non-hydrogen) atoms. The minimum absolute atomic E-state index is 0.0446. The smallest absolute Gasteiger partial charge is 0.325 e. The van der Waals surface area contributed by atoms with Gasteiger partial charge in [0.2, 0.25) is 5.91 Å². The Hall–Kier alpha value is -2.24. The summed E-state index contributed by atoms with van der Waals surface area (Å²) in [6, 6.07) is 7.57. The van der Waals surface area contributed by atoms with Gasteiger partial charge in [-0.25, -0.2) is 4.79 Å². The number of hydrogen-bond acceptors (Lipinski definition) is 3. The van der Waals surface area contributed by atoms with Gasteiger partial charge in [0.25, 0.3) is 0 Å². The number of methoxy groups -OCH3 is 1. The van der Waals surface area contributed by atoms with E-state index < -0.39 is 0 Å². The van der Waals surface area contributed by atoms with E-state index in [2.05, 4.69) is 5.32 Å². The Morgan fingerprint density at radius 1 is 1.12 bits per heavy atom. The van der Waals surface area contributed by atoms with Crippen molar-refractivity contribution >= 4 is 17.6 Å². The number of nitrogens with zero attached hydrogens (tertiary/aromatic N) is 2. The number of amides is 3. The molecule has 1 aliphatic heterocycles. The van der Waals surface area contributed by atoms with Gasteiger partial charge < -0.3 is 15.0 Å². The Morgan fingerprint density at radius 3 is 2.44 bits per heavy atom. The summed E-state index contributed by atoms with van der Waals surface area (Å²) < 4.78 is 5.15. The van der Waals surface area contributed by atoms with Gasteiger partial charge in [-0.15, -0.1) is 0 Å². The van der Waals surface area contributed by atoms with Crippen LogP contribution in [0.3, 0.4) is 0 Å². The van der Waals surface area contributed by atoms with Crippen LogP contribution in [-0.4, -0.2) is 49.6 Å². The molecule has 1 N–H and O–H groups in total. The summed E-state index contributed by atoms with van der Waals surface area (Å²) in [5.74, 6) is 0.715. The highest BCUT2D eigenvalue weighted by molar-refractivity contribution is 5.96. The normalized spacial score (nSPS) is 19.0. The molecular weight excluding hydrogens is 318 g/mol. The van der Waals surface area contributed by atoms with Gasteiger partial charge in [0.15, 0.2) is 0 Å². The zero-order chi connectivity index (χ0) is 17.6. The third kappa shape index (κ3) is 4.44. The van der Waals surface area contributed by atoms with Crippen molar-refractivity contribution in [2.45, 2.75) is 44.6 Å². The van der Waals surface area contributed by atoms with Gasteiger partial charge in [-0.2, -0.15) is 0 Å². The number of ether oxygens (including phenoxy) is 1. The number of carbonyl (C=O) groups is 2. The Morgan fingerprint density at radius 2 is 1.80 bits per heavy atom. The molecule has 136 valence electrons. The third-order valence-corrected chi connectivity index (χ3v) is 5.03. The van der Waals surface area contributed by atoms with E-state index in [1.807, 2.05) is 24.3 Å². The third-order valence-electron chi connectivity index (χ3n) is 5.03. The highest BCUT2D eigenvalue weighted by Gasteiger charge is 2.31. The van der Waals surface area contributed by atoms with Gasteiger partial charge in [-0.1, -0.05) is 25.7 Å². The van der Waals surface area contributed by atoms with Crippen LogP contribution in [0.15, 0.2) is 24.3 Å². The van der Waals surface area contributed by atoms with Crippen molar-refractivity contribution in [1.29, 1.82) is 0 Å². The van der Waals surface area contributed by atoms with Crippen molar-refractivity contribution in [2.75, 3.05) is 31.6 Å². The van der Waals surface area contributed by atoms with E-state index >= 15 is 0 Å². The molecule has 0 radical (unpaired) electrons. The van der Waals surface area contributed by atoms with Crippen LogP contribution in [0, 0.1) is 0 Å². The van der Waals surface area contributed by atoms with Crippen LogP contribution < -0.4 is 15.0 Å². The molecule has 6 nitrogen and oxygen atoms in total. The predicted molar refractivity (Wildman–Crippen MR) is 96.9 cm³/mol. The molecule has 1 heterocycles. The maximum atomic E-state index is 12.6. The maximum absolute atomic E-state index is 12.6. The monoisotopic (exact) mass is 345 g/mol. The van der Waals surface area contributed by atoms with E-state index in [9.17, 15) is 9.59 Å². The molecule has 2 aliphatic rings. The summed E-state index contributed by atoms with van der Waals surface area (Å²) in [4.78, 5) is 28.2. The molecule has 1 aromatic carbocycles. The van der Waals surface area contributed by atoms with E-state index in [0.29, 0.717) is 13.1 Å². The lowest BCUT2D eigenvalue weighted by Gasteiger charge is -2.21. The standard InChI is InChI=1S/C19H27N3O3/c1-25-17-10-8-16(9-11-17)22-13-12-21(19(22)24)14-18(23)20-15-6-4-2-3-5-7-15/h8-11,15H,2-7,12-14H2,1H3,(H,20,23). The average Bonchev–Trinajstić information content (AvgIpc) is 2.82. The Labute approximate surface area is 149 Å². The molecule has 1 saturated heterocycles. The molecule has 6 heteroatoms. The van der Waals surface area contributed by atoms with E-state index in [0.717, 1.165) is 24.3 Å². The van der Waals surface area contributed by atoms with Crippen LogP contribution in [0.5, 0.6) is 5.75 Å². The minimum Gasteiger partial charge on any atom is -0.497 e. The van der Waals surface area contributed by atoms with Gasteiger partial charge in [0.05, 0.1) is 7.11 Å². The lowest BCUT2D eigenvalue weighted by molar-refractivity contribution is -0.122. The van der Waals surface area contributed by atoms with E-state index in [1.54, 1.807) is 16.9 Å². The van der Waals surface area contributed by atoms with Crippen LogP contribution in [0.2, 0.25) is 0 Å². The first-order valence-electron chi connectivity index (χ1n) is 9.17. The first-order valence-corrected chi connectivity index (χ1v) is 9.17. The number of benzene rings is 1. The number of hydrogen-bond donors (Lipinski definition) is 1. The second kappa shape index (κ2) is 8.23. The maximum Gasteiger partial charge on any atom is 0.325 e. The van der Waals surface area contributed by atoms with Gasteiger partial charge in [-0.3, -0.25) is 9.69 Å². The van der Waals surface area contributed by atoms with Crippen LogP contribution >= 0.6 is 0 Å². The Bertz CT molecular complexity index is 594. The zero-order valence-corrected chi connectivity index (χ0v) is 14.9. The first-order chi connectivity index (χ1) is 12.2. The summed E-state index contributed by atoms with van der Waals surface area (Å²) in [7, 11) is 1.62. The van der Waals surface area contributed by atoms with E-state index in [1.165, 1.54) is 25.7 Å². The second-order valence-corrected chi connectivity index (χ2v) is 6.81. The SMILES string of the molecule is COc1ccc(N2CCN(CC(=O)NC3CCCCCC3)C2=O)cc1. The van der Waals surface area contributed by atoms with E-state index in [4.69, 9.17) is 4.74 Å². The van der Waals surface area contributed by atoms with Crippen molar-refractivity contribution in [2.24, 2.45) is 0 Å². The molecule has 1 aromatic rings. The van der Waals surface area contributed by atoms with Gasteiger partial charge >= 0.3 is 6.03 Å². The Balaban J connectivity index is 1.53. The molecule has 0 spiro atoms. The fourth-order valence-corrected chi connectivity index (χ4v) is 3.60. The molecule has 1 saturated carbocycles. The topological polar surface area (TPSA) is 61.9 Å². The average molecular weight is 345 g/mol. The number of rotatable bonds is 5. The van der Waals surface area contributed by atoms with Crippen LogP contribution in [0.4, 0.5) is 10.5 Å². The van der Waals surface area contributed by atoms with Gasteiger partial charge in [-0.05, 0) is 37.1 Å². The number of nitrogens with one attached hydrogen (secondary N) is 1. The van der Waals surface area contributed by atoms with Gasteiger partial charge in [0.1, 0.15) is 12.3 Å². The van der Waals surface area contributed by atoms with Crippen molar-refractivity contribution in [3.05, 3.63) is 24.3 Å². The first kappa shape index (κ1) is 17.6. The summed E-state index contributed by atoms with van der Waals surface area (Å²) in [6.45, 7) is 1.31. The van der Waals surface area contributed by atoms with E-state index in [-0.39, 0.29) is 24.5 Å². The highest BCUT2D eigenvalue weighted by atomic mass is 16.5. The molecule has 1 aliphatic carbocycles. The highest BCUT2D eigenvalue weighted by Crippen LogP contribution is 2.23. The molecule has 2 fully saturated rings. The van der Waals surface area contributed by atoms with Crippen molar-refractivity contribution in [3.63, 3.8) is 0 Å². The zero-order valence-electron chi connectivity index (χ0n) is 14.9. The molecule has 3 rings (SSSR count). The number of urea groups is 1. The fraction of sp³-hybridized carbons (Fsp3) is 0.579. The largest absolute Gasteiger partial charge is 0.497 e.